The van der Waals surface area contributed by atoms with Gasteiger partial charge in [0.1, 0.15) is 0 Å². The molecule has 3 heterocycles. The first-order valence-corrected chi connectivity index (χ1v) is 8.16. The first-order valence-electron chi connectivity index (χ1n) is 8.16. The number of benzene rings is 1. The number of pyridine rings is 1. The molecule has 6 heteroatoms. The van der Waals surface area contributed by atoms with E-state index < -0.39 is 6.04 Å². The third kappa shape index (κ3) is 2.65. The van der Waals surface area contributed by atoms with Crippen molar-refractivity contribution < 1.29 is 9.59 Å². The minimum atomic E-state index is -0.416. The molecule has 0 radical (unpaired) electrons. The topological polar surface area (TPSA) is 65.5 Å². The molecule has 0 unspecified atom stereocenters. The number of nitrogens with zero attached hydrogens (tertiary/aromatic N) is 3. The van der Waals surface area contributed by atoms with Crippen LogP contribution in [0.25, 0.3) is 0 Å². The van der Waals surface area contributed by atoms with Crippen LogP contribution in [0.5, 0.6) is 0 Å². The molecule has 0 bridgehead atoms. The number of aromatic nitrogens is 1. The summed E-state index contributed by atoms with van der Waals surface area (Å²) in [5.74, 6) is -0.0543. The Morgan fingerprint density at radius 1 is 1.12 bits per heavy atom. The number of rotatable bonds is 3. The monoisotopic (exact) mass is 334 g/mol. The maximum Gasteiger partial charge on any atom is 0.322 e. The Kier molecular flexibility index (Phi) is 3.72. The van der Waals surface area contributed by atoms with Crippen LogP contribution in [-0.2, 0) is 11.3 Å². The fourth-order valence-electron chi connectivity index (χ4n) is 3.33. The van der Waals surface area contributed by atoms with Gasteiger partial charge >= 0.3 is 6.03 Å². The van der Waals surface area contributed by atoms with E-state index in [4.69, 9.17) is 0 Å². The Hall–Kier alpha value is -3.15. The maximum absolute atomic E-state index is 13.0. The van der Waals surface area contributed by atoms with E-state index in [2.05, 4.69) is 10.3 Å². The van der Waals surface area contributed by atoms with Gasteiger partial charge < -0.3 is 10.2 Å². The van der Waals surface area contributed by atoms with Crippen molar-refractivity contribution in [3.63, 3.8) is 0 Å². The number of likely N-dealkylation sites (N-methyl/N-ethyl adjacent to an activating group) is 1. The van der Waals surface area contributed by atoms with Crippen LogP contribution in [0.2, 0.25) is 0 Å². The van der Waals surface area contributed by atoms with E-state index in [1.54, 1.807) is 18.1 Å². The van der Waals surface area contributed by atoms with Gasteiger partial charge in [-0.3, -0.25) is 14.7 Å². The van der Waals surface area contributed by atoms with Gasteiger partial charge in [-0.2, -0.15) is 0 Å². The van der Waals surface area contributed by atoms with Crippen LogP contribution in [0.3, 0.4) is 0 Å². The van der Waals surface area contributed by atoms with Crippen LogP contribution in [0.15, 0.2) is 66.0 Å². The van der Waals surface area contributed by atoms with Crippen LogP contribution in [0.4, 0.5) is 4.79 Å². The van der Waals surface area contributed by atoms with Gasteiger partial charge in [-0.05, 0) is 17.7 Å². The van der Waals surface area contributed by atoms with Crippen molar-refractivity contribution in [2.45, 2.75) is 12.6 Å². The SMILES string of the molecule is CN1C(=O)N[C@H](c2ccccc2)C2=C1CN(Cc1ccccn1)C2=O. The lowest BCUT2D eigenvalue weighted by molar-refractivity contribution is -0.126. The molecular weight excluding hydrogens is 316 g/mol. The van der Waals surface area contributed by atoms with Gasteiger partial charge in [-0.1, -0.05) is 36.4 Å². The van der Waals surface area contributed by atoms with Crippen molar-refractivity contribution in [2.75, 3.05) is 13.6 Å². The molecule has 3 amide bonds. The first-order chi connectivity index (χ1) is 12.1. The molecule has 1 aromatic heterocycles. The Morgan fingerprint density at radius 2 is 1.88 bits per heavy atom. The summed E-state index contributed by atoms with van der Waals surface area (Å²) in [6, 6.07) is 14.6. The average molecular weight is 334 g/mol. The Morgan fingerprint density at radius 3 is 2.60 bits per heavy atom. The van der Waals surface area contributed by atoms with Gasteiger partial charge in [0.25, 0.3) is 5.91 Å². The van der Waals surface area contributed by atoms with Crippen molar-refractivity contribution in [1.29, 1.82) is 0 Å². The molecule has 126 valence electrons. The zero-order valence-electron chi connectivity index (χ0n) is 13.8. The second-order valence-electron chi connectivity index (χ2n) is 6.19. The Labute approximate surface area is 145 Å². The minimum absolute atomic E-state index is 0.0543. The fraction of sp³-hybridized carbons (Fsp3) is 0.211. The number of urea groups is 1. The van der Waals surface area contributed by atoms with Gasteiger partial charge in [0.05, 0.1) is 36.1 Å². The smallest absolute Gasteiger partial charge is 0.322 e. The summed E-state index contributed by atoms with van der Waals surface area (Å²) in [5.41, 5.74) is 3.14. The van der Waals surface area contributed by atoms with Crippen LogP contribution in [0.1, 0.15) is 17.3 Å². The molecule has 2 aromatic rings. The van der Waals surface area contributed by atoms with Crippen LogP contribution in [0, 0.1) is 0 Å². The average Bonchev–Trinajstić information content (AvgIpc) is 2.97. The van der Waals surface area contributed by atoms with Crippen LogP contribution >= 0.6 is 0 Å². The van der Waals surface area contributed by atoms with Crippen molar-refractivity contribution in [1.82, 2.24) is 20.1 Å². The van der Waals surface area contributed by atoms with E-state index in [0.717, 1.165) is 17.0 Å². The number of nitrogens with one attached hydrogen (secondary N) is 1. The number of amides is 3. The molecule has 0 saturated heterocycles. The van der Waals surface area contributed by atoms with Crippen molar-refractivity contribution in [3.8, 4) is 0 Å². The van der Waals surface area contributed by atoms with Gasteiger partial charge in [0.2, 0.25) is 0 Å². The molecule has 2 aliphatic rings. The summed E-state index contributed by atoms with van der Waals surface area (Å²) >= 11 is 0. The molecule has 1 N–H and O–H groups in total. The van der Waals surface area contributed by atoms with Crippen molar-refractivity contribution >= 4 is 11.9 Å². The summed E-state index contributed by atoms with van der Waals surface area (Å²) in [6.45, 7) is 0.841. The quantitative estimate of drug-likeness (QED) is 0.934. The lowest BCUT2D eigenvalue weighted by atomic mass is 9.96. The highest BCUT2D eigenvalue weighted by Crippen LogP contribution is 2.35. The standard InChI is InChI=1S/C19H18N4O2/c1-22-15-12-23(11-14-9-5-6-10-20-14)18(24)16(15)17(21-19(22)25)13-7-3-2-4-8-13/h2-10,17H,11-12H2,1H3,(H,21,25)/t17-/m1/s1. The molecule has 1 aromatic carbocycles. The normalized spacial score (nSPS) is 20.0. The molecule has 1 atom stereocenters. The second-order valence-corrected chi connectivity index (χ2v) is 6.19. The largest absolute Gasteiger partial charge is 0.327 e. The van der Waals surface area contributed by atoms with E-state index >= 15 is 0 Å². The van der Waals surface area contributed by atoms with Crippen LogP contribution < -0.4 is 5.32 Å². The molecule has 6 nitrogen and oxygen atoms in total. The zero-order valence-corrected chi connectivity index (χ0v) is 13.8. The van der Waals surface area contributed by atoms with Gasteiger partial charge in [-0.25, -0.2) is 4.79 Å². The number of hydrogen-bond acceptors (Lipinski definition) is 3. The fourth-order valence-corrected chi connectivity index (χ4v) is 3.33. The highest BCUT2D eigenvalue weighted by molar-refractivity contribution is 6.01. The van der Waals surface area contributed by atoms with Gasteiger partial charge in [-0.15, -0.1) is 0 Å². The van der Waals surface area contributed by atoms with Crippen molar-refractivity contribution in [2.24, 2.45) is 0 Å². The third-order valence-corrected chi connectivity index (χ3v) is 4.65. The van der Waals surface area contributed by atoms with E-state index in [0.29, 0.717) is 18.7 Å². The summed E-state index contributed by atoms with van der Waals surface area (Å²) in [5, 5.41) is 2.93. The highest BCUT2D eigenvalue weighted by Gasteiger charge is 2.42. The van der Waals surface area contributed by atoms with E-state index in [1.165, 1.54) is 4.90 Å². The number of carbonyl (C=O) groups excluding carboxylic acids is 2. The number of hydrogen-bond donors (Lipinski definition) is 1. The second kappa shape index (κ2) is 6.05. The lowest BCUT2D eigenvalue weighted by Gasteiger charge is -2.31. The first kappa shape index (κ1) is 15.4. The summed E-state index contributed by atoms with van der Waals surface area (Å²) in [7, 11) is 1.70. The van der Waals surface area contributed by atoms with Gasteiger partial charge in [0, 0.05) is 13.2 Å². The lowest BCUT2D eigenvalue weighted by Crippen LogP contribution is -2.45. The zero-order chi connectivity index (χ0) is 17.4. The Bertz CT molecular complexity index is 848. The predicted octanol–water partition coefficient (Wildman–Crippen LogP) is 2.07. The van der Waals surface area contributed by atoms with Gasteiger partial charge in [0.15, 0.2) is 0 Å². The maximum atomic E-state index is 13.0. The van der Waals surface area contributed by atoms with E-state index in [-0.39, 0.29) is 11.9 Å². The van der Waals surface area contributed by atoms with Crippen molar-refractivity contribution in [3.05, 3.63) is 77.3 Å². The van der Waals surface area contributed by atoms with Crippen LogP contribution in [-0.4, -0.2) is 40.3 Å². The molecule has 0 fully saturated rings. The summed E-state index contributed by atoms with van der Waals surface area (Å²) < 4.78 is 0. The minimum Gasteiger partial charge on any atom is -0.327 e. The predicted molar refractivity (Wildman–Crippen MR) is 92.2 cm³/mol. The molecule has 0 aliphatic carbocycles. The molecule has 25 heavy (non-hydrogen) atoms. The highest BCUT2D eigenvalue weighted by atomic mass is 16.2. The molecule has 0 saturated carbocycles. The summed E-state index contributed by atoms with van der Waals surface area (Å²) in [6.07, 6.45) is 1.72. The molecule has 0 spiro atoms. The third-order valence-electron chi connectivity index (χ3n) is 4.65. The number of carbonyl (C=O) groups is 2. The summed E-state index contributed by atoms with van der Waals surface area (Å²) in [4.78, 5) is 32.9. The molecule has 4 rings (SSSR count). The molecular formula is C19H18N4O2. The Balaban J connectivity index is 1.68. The van der Waals surface area contributed by atoms with E-state index in [9.17, 15) is 9.59 Å². The van der Waals surface area contributed by atoms with E-state index in [1.807, 2.05) is 48.5 Å². The molecule has 2 aliphatic heterocycles.